The Balaban J connectivity index is 2.30. The second kappa shape index (κ2) is 4.70. The fraction of sp³-hybridized carbons (Fsp3) is 1.00. The molecule has 0 radical (unpaired) electrons. The van der Waals surface area contributed by atoms with Crippen molar-refractivity contribution in [2.75, 3.05) is 19.7 Å². The van der Waals surface area contributed by atoms with Gasteiger partial charge in [-0.3, -0.25) is 0 Å². The van der Waals surface area contributed by atoms with Gasteiger partial charge in [-0.15, -0.1) is 0 Å². The summed E-state index contributed by atoms with van der Waals surface area (Å²) in [6.07, 6.45) is 2.86. The molecule has 0 bridgehead atoms. The zero-order chi connectivity index (χ0) is 8.10. The monoisotopic (exact) mass is 159 g/mol. The molecule has 1 aliphatic rings. The minimum atomic E-state index is -0.527. The van der Waals surface area contributed by atoms with Crippen molar-refractivity contribution in [3.63, 3.8) is 0 Å². The first-order valence-electron chi connectivity index (χ1n) is 4.34. The zero-order valence-electron chi connectivity index (χ0n) is 6.79. The fourth-order valence-electron chi connectivity index (χ4n) is 1.52. The normalized spacial score (nSPS) is 29.5. The maximum atomic E-state index is 9.32. The molecule has 0 spiro atoms. The van der Waals surface area contributed by atoms with Gasteiger partial charge in [0.15, 0.2) is 0 Å². The van der Waals surface area contributed by atoms with Gasteiger partial charge in [-0.25, -0.2) is 0 Å². The third-order valence-electron chi connectivity index (χ3n) is 2.32. The summed E-state index contributed by atoms with van der Waals surface area (Å²) in [5, 5.41) is 21.3. The van der Waals surface area contributed by atoms with Gasteiger partial charge in [0.05, 0.1) is 12.7 Å². The fourth-order valence-corrected chi connectivity index (χ4v) is 1.52. The van der Waals surface area contributed by atoms with E-state index in [2.05, 4.69) is 5.32 Å². The summed E-state index contributed by atoms with van der Waals surface area (Å²) in [5.41, 5.74) is 0. The first kappa shape index (κ1) is 8.97. The van der Waals surface area contributed by atoms with Crippen molar-refractivity contribution in [1.82, 2.24) is 5.32 Å². The Bertz CT molecular complexity index is 100. The van der Waals surface area contributed by atoms with Gasteiger partial charge in [-0.05, 0) is 25.3 Å². The van der Waals surface area contributed by atoms with Crippen LogP contribution >= 0.6 is 0 Å². The highest BCUT2D eigenvalue weighted by Gasteiger charge is 2.19. The van der Waals surface area contributed by atoms with Crippen molar-refractivity contribution < 1.29 is 10.2 Å². The molecule has 3 heteroatoms. The van der Waals surface area contributed by atoms with Crippen LogP contribution in [0.3, 0.4) is 0 Å². The van der Waals surface area contributed by atoms with Gasteiger partial charge in [0.25, 0.3) is 0 Å². The van der Waals surface area contributed by atoms with E-state index >= 15 is 0 Å². The highest BCUT2D eigenvalue weighted by Crippen LogP contribution is 2.14. The molecule has 0 aromatic rings. The molecule has 1 saturated heterocycles. The number of rotatable bonds is 2. The van der Waals surface area contributed by atoms with E-state index in [1.807, 2.05) is 0 Å². The largest absolute Gasteiger partial charge is 0.394 e. The van der Waals surface area contributed by atoms with Gasteiger partial charge < -0.3 is 15.5 Å². The van der Waals surface area contributed by atoms with Gasteiger partial charge in [0.1, 0.15) is 0 Å². The van der Waals surface area contributed by atoms with Gasteiger partial charge in [0, 0.05) is 6.54 Å². The van der Waals surface area contributed by atoms with Gasteiger partial charge in [-0.2, -0.15) is 0 Å². The number of aliphatic hydroxyl groups excluding tert-OH is 2. The van der Waals surface area contributed by atoms with Crippen molar-refractivity contribution in [2.45, 2.75) is 25.4 Å². The molecule has 0 aliphatic carbocycles. The predicted molar refractivity (Wildman–Crippen MR) is 43.3 cm³/mol. The maximum Gasteiger partial charge on any atom is 0.0811 e. The molecule has 0 unspecified atom stereocenters. The Kier molecular flexibility index (Phi) is 3.83. The van der Waals surface area contributed by atoms with Gasteiger partial charge in [-0.1, -0.05) is 6.42 Å². The average molecular weight is 159 g/mol. The van der Waals surface area contributed by atoms with Crippen LogP contribution in [0.2, 0.25) is 0 Å². The Morgan fingerprint density at radius 3 is 3.00 bits per heavy atom. The summed E-state index contributed by atoms with van der Waals surface area (Å²) in [4.78, 5) is 0. The molecule has 0 saturated carbocycles. The number of hydrogen-bond acceptors (Lipinski definition) is 3. The van der Waals surface area contributed by atoms with Crippen LogP contribution in [0.25, 0.3) is 0 Å². The molecule has 1 heterocycles. The Morgan fingerprint density at radius 1 is 1.45 bits per heavy atom. The molecule has 66 valence electrons. The van der Waals surface area contributed by atoms with E-state index in [0.717, 1.165) is 25.9 Å². The van der Waals surface area contributed by atoms with Crippen LogP contribution in [-0.4, -0.2) is 36.0 Å². The van der Waals surface area contributed by atoms with E-state index in [9.17, 15) is 5.11 Å². The predicted octanol–water partition coefficient (Wildman–Crippen LogP) is -0.271. The van der Waals surface area contributed by atoms with Crippen molar-refractivity contribution in [1.29, 1.82) is 0 Å². The van der Waals surface area contributed by atoms with Gasteiger partial charge >= 0.3 is 0 Å². The lowest BCUT2D eigenvalue weighted by molar-refractivity contribution is 0.0454. The molecule has 3 nitrogen and oxygen atoms in total. The molecule has 3 N–H and O–H groups in total. The lowest BCUT2D eigenvalue weighted by Gasteiger charge is -2.18. The molecule has 1 aliphatic heterocycles. The SMILES string of the molecule is OC[C@@H](O)[C@H]1CCCCNC1. The minimum Gasteiger partial charge on any atom is -0.394 e. The van der Waals surface area contributed by atoms with Crippen LogP contribution in [-0.2, 0) is 0 Å². The van der Waals surface area contributed by atoms with Crippen LogP contribution in [0.15, 0.2) is 0 Å². The summed E-state index contributed by atoms with van der Waals surface area (Å²) in [6.45, 7) is 1.79. The van der Waals surface area contributed by atoms with Gasteiger partial charge in [0.2, 0.25) is 0 Å². The third-order valence-corrected chi connectivity index (χ3v) is 2.32. The van der Waals surface area contributed by atoms with E-state index in [1.54, 1.807) is 0 Å². The molecule has 1 rings (SSSR count). The van der Waals surface area contributed by atoms with Crippen molar-refractivity contribution in [3.05, 3.63) is 0 Å². The summed E-state index contributed by atoms with van der Waals surface area (Å²) < 4.78 is 0. The first-order chi connectivity index (χ1) is 5.34. The first-order valence-corrected chi connectivity index (χ1v) is 4.34. The number of hydrogen-bond donors (Lipinski definition) is 3. The second-order valence-corrected chi connectivity index (χ2v) is 3.21. The smallest absolute Gasteiger partial charge is 0.0811 e. The van der Waals surface area contributed by atoms with Crippen molar-refractivity contribution in [3.8, 4) is 0 Å². The van der Waals surface area contributed by atoms with Crippen LogP contribution in [0.4, 0.5) is 0 Å². The molecule has 0 aromatic carbocycles. The van der Waals surface area contributed by atoms with Crippen molar-refractivity contribution in [2.24, 2.45) is 5.92 Å². The third kappa shape index (κ3) is 2.77. The molecular formula is C8H17NO2. The molecule has 11 heavy (non-hydrogen) atoms. The molecule has 1 fully saturated rings. The van der Waals surface area contributed by atoms with E-state index in [1.165, 1.54) is 6.42 Å². The van der Waals surface area contributed by atoms with Crippen molar-refractivity contribution >= 4 is 0 Å². The molecule has 0 amide bonds. The minimum absolute atomic E-state index is 0.105. The van der Waals surface area contributed by atoms with E-state index < -0.39 is 6.10 Å². The molecular weight excluding hydrogens is 142 g/mol. The highest BCUT2D eigenvalue weighted by molar-refractivity contribution is 4.73. The zero-order valence-corrected chi connectivity index (χ0v) is 6.79. The lowest BCUT2D eigenvalue weighted by atomic mass is 9.98. The summed E-state index contributed by atoms with van der Waals surface area (Å²) in [5.74, 6) is 0.252. The maximum absolute atomic E-state index is 9.32. The average Bonchev–Trinajstić information content (AvgIpc) is 2.30. The lowest BCUT2D eigenvalue weighted by Crippen LogP contribution is -2.32. The summed E-state index contributed by atoms with van der Waals surface area (Å²) >= 11 is 0. The quantitative estimate of drug-likeness (QED) is 0.520. The standard InChI is InChI=1S/C8H17NO2/c10-6-8(11)7-3-1-2-4-9-5-7/h7-11H,1-6H2/t7-,8+/m0/s1. The molecule has 0 aromatic heterocycles. The number of nitrogens with one attached hydrogen (secondary N) is 1. The van der Waals surface area contributed by atoms with E-state index in [-0.39, 0.29) is 12.5 Å². The summed E-state index contributed by atoms with van der Waals surface area (Å²) in [6, 6.07) is 0. The molecule has 2 atom stereocenters. The summed E-state index contributed by atoms with van der Waals surface area (Å²) in [7, 11) is 0. The Labute approximate surface area is 67.4 Å². The Hall–Kier alpha value is -0.120. The van der Waals surface area contributed by atoms with Crippen LogP contribution < -0.4 is 5.32 Å². The van der Waals surface area contributed by atoms with E-state index in [4.69, 9.17) is 5.11 Å². The van der Waals surface area contributed by atoms with E-state index in [0.29, 0.717) is 0 Å². The highest BCUT2D eigenvalue weighted by atomic mass is 16.3. The second-order valence-electron chi connectivity index (χ2n) is 3.21. The van der Waals surface area contributed by atoms with Crippen LogP contribution in [0.5, 0.6) is 0 Å². The van der Waals surface area contributed by atoms with Crippen LogP contribution in [0.1, 0.15) is 19.3 Å². The Morgan fingerprint density at radius 2 is 2.27 bits per heavy atom. The number of aliphatic hydroxyl groups is 2. The topological polar surface area (TPSA) is 52.5 Å². The van der Waals surface area contributed by atoms with Crippen LogP contribution in [0, 0.1) is 5.92 Å².